The minimum atomic E-state index is 0.298. The number of aromatic nitrogens is 2. The summed E-state index contributed by atoms with van der Waals surface area (Å²) in [7, 11) is 1.76. The van der Waals surface area contributed by atoms with E-state index in [1.165, 1.54) is 0 Å². The van der Waals surface area contributed by atoms with Crippen LogP contribution in [0.3, 0.4) is 0 Å². The number of piperidine rings is 1. The predicted octanol–water partition coefficient (Wildman–Crippen LogP) is 0.550. The van der Waals surface area contributed by atoms with Gasteiger partial charge in [0.05, 0.1) is 6.10 Å². The number of nitrogens with zero attached hydrogens (tertiary/aromatic N) is 3. The summed E-state index contributed by atoms with van der Waals surface area (Å²) in [6.07, 6.45) is 6.12. The van der Waals surface area contributed by atoms with Crippen LogP contribution in [-0.4, -0.2) is 36.3 Å². The summed E-state index contributed by atoms with van der Waals surface area (Å²) in [6, 6.07) is 0. The normalized spacial score (nSPS) is 21.1. The van der Waals surface area contributed by atoms with Crippen LogP contribution < -0.4 is 10.6 Å². The second-order valence-corrected chi connectivity index (χ2v) is 4.04. The van der Waals surface area contributed by atoms with E-state index in [0.717, 1.165) is 37.4 Å². The van der Waals surface area contributed by atoms with Crippen LogP contribution in [0, 0.1) is 0 Å². The van der Waals surface area contributed by atoms with Crippen LogP contribution in [0.4, 0.5) is 5.95 Å². The summed E-state index contributed by atoms with van der Waals surface area (Å²) in [5, 5.41) is 0. The van der Waals surface area contributed by atoms with Crippen LogP contribution >= 0.6 is 0 Å². The molecule has 5 nitrogen and oxygen atoms in total. The number of rotatable bonds is 3. The van der Waals surface area contributed by atoms with E-state index >= 15 is 0 Å². The third-order valence-corrected chi connectivity index (χ3v) is 2.92. The Morgan fingerprint density at radius 3 is 2.88 bits per heavy atom. The lowest BCUT2D eigenvalue weighted by atomic mass is 10.1. The van der Waals surface area contributed by atoms with Gasteiger partial charge in [0.1, 0.15) is 0 Å². The first-order chi connectivity index (χ1) is 7.83. The third-order valence-electron chi connectivity index (χ3n) is 2.92. The smallest absolute Gasteiger partial charge is 0.225 e. The Morgan fingerprint density at radius 1 is 1.50 bits per heavy atom. The number of ether oxygens (including phenoxy) is 1. The molecule has 1 aromatic heterocycles. The van der Waals surface area contributed by atoms with E-state index in [2.05, 4.69) is 14.9 Å². The van der Waals surface area contributed by atoms with Crippen molar-refractivity contribution in [1.29, 1.82) is 0 Å². The van der Waals surface area contributed by atoms with Crippen molar-refractivity contribution in [3.8, 4) is 0 Å². The van der Waals surface area contributed by atoms with Crippen molar-refractivity contribution in [3.63, 3.8) is 0 Å². The second-order valence-electron chi connectivity index (χ2n) is 4.04. The average Bonchev–Trinajstić information content (AvgIpc) is 2.39. The number of methoxy groups -OCH3 is 1. The van der Waals surface area contributed by atoms with E-state index in [-0.39, 0.29) is 0 Å². The highest BCUT2D eigenvalue weighted by Crippen LogP contribution is 2.17. The van der Waals surface area contributed by atoms with Gasteiger partial charge in [0, 0.05) is 44.7 Å². The van der Waals surface area contributed by atoms with Gasteiger partial charge in [-0.2, -0.15) is 0 Å². The molecule has 0 aliphatic carbocycles. The number of hydrogen-bond donors (Lipinski definition) is 1. The van der Waals surface area contributed by atoms with Crippen LogP contribution in [-0.2, 0) is 11.3 Å². The number of hydrogen-bond acceptors (Lipinski definition) is 5. The third kappa shape index (κ3) is 2.48. The lowest BCUT2D eigenvalue weighted by Gasteiger charge is -2.31. The van der Waals surface area contributed by atoms with Crippen LogP contribution in [0.1, 0.15) is 18.4 Å². The summed E-state index contributed by atoms with van der Waals surface area (Å²) in [5.74, 6) is 0.777. The molecule has 0 radical (unpaired) electrons. The van der Waals surface area contributed by atoms with Crippen molar-refractivity contribution in [1.82, 2.24) is 9.97 Å². The van der Waals surface area contributed by atoms with Gasteiger partial charge < -0.3 is 15.4 Å². The second kappa shape index (κ2) is 5.23. The van der Waals surface area contributed by atoms with E-state index in [9.17, 15) is 0 Å². The van der Waals surface area contributed by atoms with Crippen molar-refractivity contribution in [3.05, 3.63) is 18.0 Å². The molecule has 88 valence electrons. The fourth-order valence-electron chi connectivity index (χ4n) is 1.93. The first-order valence-corrected chi connectivity index (χ1v) is 5.62. The van der Waals surface area contributed by atoms with Gasteiger partial charge in [-0.1, -0.05) is 0 Å². The zero-order valence-corrected chi connectivity index (χ0v) is 9.59. The molecular weight excluding hydrogens is 204 g/mol. The highest BCUT2D eigenvalue weighted by atomic mass is 16.5. The Morgan fingerprint density at radius 2 is 2.25 bits per heavy atom. The maximum atomic E-state index is 5.51. The fourth-order valence-corrected chi connectivity index (χ4v) is 1.93. The molecule has 1 aliphatic heterocycles. The topological polar surface area (TPSA) is 64.3 Å². The fraction of sp³-hybridized carbons (Fsp3) is 0.636. The quantitative estimate of drug-likeness (QED) is 0.809. The predicted molar refractivity (Wildman–Crippen MR) is 62.2 cm³/mol. The maximum Gasteiger partial charge on any atom is 0.225 e. The molecule has 16 heavy (non-hydrogen) atoms. The summed E-state index contributed by atoms with van der Waals surface area (Å²) >= 11 is 0. The standard InChI is InChI=1S/C11H18N4O/c1-16-10-3-2-4-15(8-10)11-13-6-9(5-12)7-14-11/h6-7,10H,2-5,8,12H2,1H3. The van der Waals surface area contributed by atoms with Gasteiger partial charge >= 0.3 is 0 Å². The van der Waals surface area contributed by atoms with Gasteiger partial charge in [-0.25, -0.2) is 9.97 Å². The Labute approximate surface area is 95.6 Å². The molecular formula is C11H18N4O. The first-order valence-electron chi connectivity index (χ1n) is 5.62. The van der Waals surface area contributed by atoms with E-state index in [1.807, 2.05) is 0 Å². The molecule has 0 saturated carbocycles. The average molecular weight is 222 g/mol. The Balaban J connectivity index is 2.05. The monoisotopic (exact) mass is 222 g/mol. The van der Waals surface area contributed by atoms with Crippen LogP contribution in [0.15, 0.2) is 12.4 Å². The van der Waals surface area contributed by atoms with Gasteiger partial charge in [0.25, 0.3) is 0 Å². The molecule has 1 saturated heterocycles. The van der Waals surface area contributed by atoms with Gasteiger partial charge in [0.2, 0.25) is 5.95 Å². The summed E-state index contributed by atoms with van der Waals surface area (Å²) < 4.78 is 5.37. The SMILES string of the molecule is COC1CCCN(c2ncc(CN)cn2)C1. The zero-order valence-electron chi connectivity index (χ0n) is 9.59. The molecule has 2 rings (SSSR count). The molecule has 1 fully saturated rings. The highest BCUT2D eigenvalue weighted by Gasteiger charge is 2.20. The molecule has 5 heteroatoms. The summed E-state index contributed by atoms with van der Waals surface area (Å²) in [4.78, 5) is 10.8. The molecule has 1 unspecified atom stereocenters. The first kappa shape index (κ1) is 11.3. The van der Waals surface area contributed by atoms with Crippen molar-refractivity contribution in [2.24, 2.45) is 5.73 Å². The largest absolute Gasteiger partial charge is 0.380 e. The van der Waals surface area contributed by atoms with Crippen LogP contribution in [0.2, 0.25) is 0 Å². The molecule has 0 amide bonds. The number of nitrogens with two attached hydrogens (primary N) is 1. The van der Waals surface area contributed by atoms with Gasteiger partial charge in [-0.3, -0.25) is 0 Å². The molecule has 0 bridgehead atoms. The molecule has 1 atom stereocenters. The van der Waals surface area contributed by atoms with Gasteiger partial charge in [-0.05, 0) is 12.8 Å². The molecule has 0 aromatic carbocycles. The number of anilines is 1. The Bertz CT molecular complexity index is 327. The van der Waals surface area contributed by atoms with Crippen molar-refractivity contribution < 1.29 is 4.74 Å². The summed E-state index contributed by atoms with van der Waals surface area (Å²) in [5.41, 5.74) is 6.47. The lowest BCUT2D eigenvalue weighted by Crippen LogP contribution is -2.40. The molecule has 1 aliphatic rings. The van der Waals surface area contributed by atoms with E-state index in [0.29, 0.717) is 12.6 Å². The zero-order chi connectivity index (χ0) is 11.4. The van der Waals surface area contributed by atoms with E-state index in [1.54, 1.807) is 19.5 Å². The van der Waals surface area contributed by atoms with Crippen molar-refractivity contribution in [2.45, 2.75) is 25.5 Å². The molecule has 2 N–H and O–H groups in total. The highest BCUT2D eigenvalue weighted by molar-refractivity contribution is 5.30. The van der Waals surface area contributed by atoms with Gasteiger partial charge in [-0.15, -0.1) is 0 Å². The summed E-state index contributed by atoms with van der Waals surface area (Å²) in [6.45, 7) is 2.36. The van der Waals surface area contributed by atoms with Crippen molar-refractivity contribution in [2.75, 3.05) is 25.1 Å². The Kier molecular flexibility index (Phi) is 3.69. The lowest BCUT2D eigenvalue weighted by molar-refractivity contribution is 0.0889. The maximum absolute atomic E-state index is 5.51. The Hall–Kier alpha value is -1.20. The molecule has 1 aromatic rings. The molecule has 2 heterocycles. The minimum absolute atomic E-state index is 0.298. The van der Waals surface area contributed by atoms with E-state index < -0.39 is 0 Å². The van der Waals surface area contributed by atoms with Gasteiger partial charge in [0.15, 0.2) is 0 Å². The van der Waals surface area contributed by atoms with Crippen LogP contribution in [0.5, 0.6) is 0 Å². The van der Waals surface area contributed by atoms with Crippen LogP contribution in [0.25, 0.3) is 0 Å². The minimum Gasteiger partial charge on any atom is -0.380 e. The van der Waals surface area contributed by atoms with Crippen molar-refractivity contribution >= 4 is 5.95 Å². The molecule has 0 spiro atoms. The van der Waals surface area contributed by atoms with E-state index in [4.69, 9.17) is 10.5 Å².